The van der Waals surface area contributed by atoms with Crippen LogP contribution in [0.3, 0.4) is 0 Å². The molecule has 6 nitrogen and oxygen atoms in total. The van der Waals surface area contributed by atoms with Gasteiger partial charge in [-0.2, -0.15) is 0 Å². The van der Waals surface area contributed by atoms with Crippen molar-refractivity contribution in [2.45, 2.75) is 13.5 Å². The number of hydrogen-bond acceptors (Lipinski definition) is 6. The lowest BCUT2D eigenvalue weighted by molar-refractivity contribution is 0.213. The van der Waals surface area contributed by atoms with Crippen LogP contribution in [0.5, 0.6) is 0 Å². The average molecular weight is 321 g/mol. The molecule has 0 aliphatic heterocycles. The van der Waals surface area contributed by atoms with Crippen molar-refractivity contribution >= 4 is 28.1 Å². The van der Waals surface area contributed by atoms with Gasteiger partial charge < -0.3 is 15.9 Å². The number of nitrogens with two attached hydrogens (primary N) is 1. The van der Waals surface area contributed by atoms with Gasteiger partial charge in [0.15, 0.2) is 0 Å². The van der Waals surface area contributed by atoms with E-state index in [0.29, 0.717) is 23.8 Å². The summed E-state index contributed by atoms with van der Waals surface area (Å²) in [5.41, 5.74) is 10.1. The molecule has 2 aromatic heterocycles. The summed E-state index contributed by atoms with van der Waals surface area (Å²) in [5.74, 6) is 0.629. The second-order valence-corrected chi connectivity index (χ2v) is 5.38. The number of pyridine rings is 2. The van der Waals surface area contributed by atoms with Crippen LogP contribution in [-0.2, 0) is 11.4 Å². The molecule has 0 bridgehead atoms. The summed E-state index contributed by atoms with van der Waals surface area (Å²) in [6.45, 7) is 2.45. The molecule has 3 aromatic rings. The molecular formula is C18H19N5O. The van der Waals surface area contributed by atoms with Crippen molar-refractivity contribution in [2.75, 3.05) is 18.2 Å². The van der Waals surface area contributed by atoms with Gasteiger partial charge in [-0.3, -0.25) is 4.98 Å². The fourth-order valence-electron chi connectivity index (χ4n) is 2.42. The molecule has 0 unspecified atom stereocenters. The van der Waals surface area contributed by atoms with E-state index >= 15 is 0 Å². The Balaban J connectivity index is 1.80. The molecule has 0 saturated heterocycles. The first-order valence-electron chi connectivity index (χ1n) is 7.59. The summed E-state index contributed by atoms with van der Waals surface area (Å²) in [6, 6.07) is 13.8. The Labute approximate surface area is 140 Å². The molecule has 3 rings (SSSR count). The van der Waals surface area contributed by atoms with Gasteiger partial charge in [-0.1, -0.05) is 17.3 Å². The first-order chi connectivity index (χ1) is 11.7. The predicted molar refractivity (Wildman–Crippen MR) is 96.9 cm³/mol. The van der Waals surface area contributed by atoms with Crippen molar-refractivity contribution in [3.63, 3.8) is 0 Å². The minimum Gasteiger partial charge on any atom is -0.399 e. The standard InChI is InChI=1S/C18H19N5O/c1-12(23-24-2)16-8-6-15(19)18(22-16)21-11-13-5-7-17-14(10-13)4-3-9-20-17/h3-10H,11,19H2,1-2H3,(H,21,22). The van der Waals surface area contributed by atoms with E-state index in [9.17, 15) is 0 Å². The molecule has 2 heterocycles. The molecular weight excluding hydrogens is 302 g/mol. The number of benzene rings is 1. The summed E-state index contributed by atoms with van der Waals surface area (Å²) in [4.78, 5) is 13.6. The van der Waals surface area contributed by atoms with Crippen LogP contribution in [0.2, 0.25) is 0 Å². The summed E-state index contributed by atoms with van der Waals surface area (Å²) >= 11 is 0. The van der Waals surface area contributed by atoms with E-state index in [-0.39, 0.29) is 0 Å². The van der Waals surface area contributed by atoms with Gasteiger partial charge in [0, 0.05) is 18.1 Å². The Bertz CT molecular complexity index is 891. The van der Waals surface area contributed by atoms with Crippen LogP contribution < -0.4 is 11.1 Å². The Morgan fingerprint density at radius 1 is 1.25 bits per heavy atom. The van der Waals surface area contributed by atoms with Gasteiger partial charge >= 0.3 is 0 Å². The van der Waals surface area contributed by atoms with Gasteiger partial charge in [0.05, 0.1) is 16.9 Å². The highest BCUT2D eigenvalue weighted by Gasteiger charge is 2.06. The van der Waals surface area contributed by atoms with Gasteiger partial charge in [-0.15, -0.1) is 0 Å². The summed E-state index contributed by atoms with van der Waals surface area (Å²) in [5, 5.41) is 8.28. The van der Waals surface area contributed by atoms with Crippen molar-refractivity contribution in [3.05, 3.63) is 59.9 Å². The number of hydrogen-bond donors (Lipinski definition) is 2. The second kappa shape index (κ2) is 6.95. The third kappa shape index (κ3) is 3.43. The van der Waals surface area contributed by atoms with E-state index in [0.717, 1.165) is 22.2 Å². The van der Waals surface area contributed by atoms with Crippen molar-refractivity contribution in [1.82, 2.24) is 9.97 Å². The van der Waals surface area contributed by atoms with Crippen molar-refractivity contribution in [2.24, 2.45) is 5.16 Å². The summed E-state index contributed by atoms with van der Waals surface area (Å²) < 4.78 is 0. The number of rotatable bonds is 5. The van der Waals surface area contributed by atoms with Crippen molar-refractivity contribution < 1.29 is 4.84 Å². The van der Waals surface area contributed by atoms with Crippen LogP contribution in [0.1, 0.15) is 18.2 Å². The first kappa shape index (κ1) is 15.7. The van der Waals surface area contributed by atoms with Gasteiger partial charge in [0.1, 0.15) is 18.6 Å². The van der Waals surface area contributed by atoms with E-state index in [2.05, 4.69) is 26.5 Å². The highest BCUT2D eigenvalue weighted by molar-refractivity contribution is 5.97. The molecule has 0 atom stereocenters. The van der Waals surface area contributed by atoms with Gasteiger partial charge in [0.25, 0.3) is 0 Å². The number of aromatic nitrogens is 2. The predicted octanol–water partition coefficient (Wildman–Crippen LogP) is 3.19. The fourth-order valence-corrected chi connectivity index (χ4v) is 2.42. The highest BCUT2D eigenvalue weighted by Crippen LogP contribution is 2.19. The van der Waals surface area contributed by atoms with Crippen LogP contribution in [0, 0.1) is 0 Å². The van der Waals surface area contributed by atoms with Crippen LogP contribution in [0.15, 0.2) is 53.8 Å². The van der Waals surface area contributed by atoms with E-state index in [1.165, 1.54) is 7.11 Å². The number of nitrogens with zero attached hydrogens (tertiary/aromatic N) is 3. The molecule has 0 saturated carbocycles. The maximum Gasteiger partial charge on any atom is 0.150 e. The lowest BCUT2D eigenvalue weighted by Gasteiger charge is -2.10. The minimum atomic E-state index is 0.589. The van der Waals surface area contributed by atoms with E-state index < -0.39 is 0 Å². The minimum absolute atomic E-state index is 0.589. The van der Waals surface area contributed by atoms with Crippen LogP contribution in [0.4, 0.5) is 11.5 Å². The Hall–Kier alpha value is -3.15. The zero-order valence-corrected chi connectivity index (χ0v) is 13.7. The average Bonchev–Trinajstić information content (AvgIpc) is 2.61. The number of anilines is 2. The van der Waals surface area contributed by atoms with Crippen molar-refractivity contribution in [1.29, 1.82) is 0 Å². The quantitative estimate of drug-likeness (QED) is 0.557. The molecule has 0 aliphatic carbocycles. The molecule has 0 amide bonds. The number of fused-ring (bicyclic) bond motifs is 1. The molecule has 0 aliphatic rings. The zero-order chi connectivity index (χ0) is 16.9. The number of nitrogens with one attached hydrogen (secondary N) is 1. The van der Waals surface area contributed by atoms with Gasteiger partial charge in [-0.25, -0.2) is 4.98 Å². The molecule has 122 valence electrons. The van der Waals surface area contributed by atoms with Crippen molar-refractivity contribution in [3.8, 4) is 0 Å². The largest absolute Gasteiger partial charge is 0.399 e. The van der Waals surface area contributed by atoms with Crippen LogP contribution >= 0.6 is 0 Å². The van der Waals surface area contributed by atoms with Gasteiger partial charge in [0.2, 0.25) is 0 Å². The summed E-state index contributed by atoms with van der Waals surface area (Å²) in [6.07, 6.45) is 1.79. The lowest BCUT2D eigenvalue weighted by Crippen LogP contribution is -2.08. The lowest BCUT2D eigenvalue weighted by atomic mass is 10.1. The molecule has 1 aromatic carbocycles. The monoisotopic (exact) mass is 321 g/mol. The van der Waals surface area contributed by atoms with Crippen LogP contribution in [-0.4, -0.2) is 22.8 Å². The molecule has 0 radical (unpaired) electrons. The second-order valence-electron chi connectivity index (χ2n) is 5.38. The smallest absolute Gasteiger partial charge is 0.150 e. The number of nitrogen functional groups attached to an aromatic ring is 1. The van der Waals surface area contributed by atoms with Gasteiger partial charge in [-0.05, 0) is 42.8 Å². The van der Waals surface area contributed by atoms with E-state index in [1.54, 1.807) is 6.20 Å². The normalized spacial score (nSPS) is 11.5. The van der Waals surface area contributed by atoms with E-state index in [4.69, 9.17) is 10.6 Å². The molecule has 6 heteroatoms. The van der Waals surface area contributed by atoms with Crippen LogP contribution in [0.25, 0.3) is 10.9 Å². The molecule has 0 fully saturated rings. The Morgan fingerprint density at radius 3 is 2.96 bits per heavy atom. The summed E-state index contributed by atoms with van der Waals surface area (Å²) in [7, 11) is 1.51. The fraction of sp³-hybridized carbons (Fsp3) is 0.167. The molecule has 3 N–H and O–H groups in total. The first-order valence-corrected chi connectivity index (χ1v) is 7.59. The zero-order valence-electron chi connectivity index (χ0n) is 13.7. The maximum absolute atomic E-state index is 6.01. The third-order valence-electron chi connectivity index (χ3n) is 3.65. The molecule has 24 heavy (non-hydrogen) atoms. The Morgan fingerprint density at radius 2 is 2.12 bits per heavy atom. The number of oxime groups is 1. The third-order valence-corrected chi connectivity index (χ3v) is 3.65. The SMILES string of the molecule is CON=C(C)c1ccc(N)c(NCc2ccc3ncccc3c2)n1. The highest BCUT2D eigenvalue weighted by atomic mass is 16.6. The maximum atomic E-state index is 6.01. The Kier molecular flexibility index (Phi) is 4.56. The topological polar surface area (TPSA) is 85.4 Å². The van der Waals surface area contributed by atoms with E-state index in [1.807, 2.05) is 43.3 Å². The molecule has 0 spiro atoms.